The van der Waals surface area contributed by atoms with Crippen LogP contribution in [0.15, 0.2) is 77.4 Å². The Hall–Kier alpha value is -2.93. The molecule has 3 aromatic rings. The van der Waals surface area contributed by atoms with Gasteiger partial charge in [-0.3, -0.25) is 14.4 Å². The molecule has 0 radical (unpaired) electrons. The number of carbonyl (C=O) groups is 3. The number of halogens is 3. The van der Waals surface area contributed by atoms with Gasteiger partial charge in [0.2, 0.25) is 11.8 Å². The Balaban J connectivity index is 1.50. The van der Waals surface area contributed by atoms with Gasteiger partial charge >= 0.3 is 0 Å². The number of nitrogens with zero attached hydrogens (tertiary/aromatic N) is 2. The lowest BCUT2D eigenvalue weighted by Gasteiger charge is -2.35. The molecule has 0 bridgehead atoms. The number of carbonyl (C=O) groups excluding carboxylic acids is 3. The standard InChI is InChI=1S/C27H17BrCl2N2O3/c28-15-5-8-17(9-6-15)32-26(34)21-22(27(32)35)24(25(33)19-10-7-16(29)13-20(19)30)31-12-11-14-3-1-2-4-18(14)23(21)31/h1-13,21-24H/t21-,22+,23?,24-/m0/s1. The fraction of sp³-hybridized carbons (Fsp3) is 0.148. The summed E-state index contributed by atoms with van der Waals surface area (Å²) in [5, 5.41) is 0.625. The maximum Gasteiger partial charge on any atom is 0.240 e. The van der Waals surface area contributed by atoms with E-state index in [1.165, 1.54) is 11.0 Å². The highest BCUT2D eigenvalue weighted by atomic mass is 79.9. The van der Waals surface area contributed by atoms with E-state index in [4.69, 9.17) is 23.2 Å². The van der Waals surface area contributed by atoms with Crippen molar-refractivity contribution in [1.29, 1.82) is 0 Å². The lowest BCUT2D eigenvalue weighted by atomic mass is 9.83. The minimum atomic E-state index is -0.884. The average Bonchev–Trinajstić information content (AvgIpc) is 3.32. The third kappa shape index (κ3) is 3.39. The number of ketones is 1. The highest BCUT2D eigenvalue weighted by Crippen LogP contribution is 2.54. The predicted octanol–water partition coefficient (Wildman–Crippen LogP) is 6.15. The van der Waals surface area contributed by atoms with Crippen LogP contribution in [0.1, 0.15) is 27.5 Å². The molecule has 8 heteroatoms. The molecule has 2 amide bonds. The van der Waals surface area contributed by atoms with Gasteiger partial charge in [-0.15, -0.1) is 0 Å². The molecule has 0 aliphatic carbocycles. The van der Waals surface area contributed by atoms with Crippen molar-refractivity contribution in [3.05, 3.63) is 104 Å². The van der Waals surface area contributed by atoms with Gasteiger partial charge in [0.15, 0.2) is 5.78 Å². The van der Waals surface area contributed by atoms with Crippen molar-refractivity contribution in [3.63, 3.8) is 0 Å². The van der Waals surface area contributed by atoms with E-state index in [9.17, 15) is 14.4 Å². The van der Waals surface area contributed by atoms with E-state index in [0.717, 1.165) is 15.6 Å². The minimum absolute atomic E-state index is 0.213. The van der Waals surface area contributed by atoms with Gasteiger partial charge < -0.3 is 4.90 Å². The molecule has 2 fully saturated rings. The summed E-state index contributed by atoms with van der Waals surface area (Å²) >= 11 is 15.8. The van der Waals surface area contributed by atoms with Crippen molar-refractivity contribution < 1.29 is 14.4 Å². The van der Waals surface area contributed by atoms with E-state index in [0.29, 0.717) is 10.7 Å². The van der Waals surface area contributed by atoms with Gasteiger partial charge in [0, 0.05) is 21.3 Å². The first-order chi connectivity index (χ1) is 16.9. The van der Waals surface area contributed by atoms with Crippen LogP contribution in [0.25, 0.3) is 6.08 Å². The van der Waals surface area contributed by atoms with Crippen LogP contribution in [0.2, 0.25) is 10.0 Å². The first-order valence-corrected chi connectivity index (χ1v) is 12.6. The molecule has 0 saturated carbocycles. The number of benzene rings is 3. The summed E-state index contributed by atoms with van der Waals surface area (Å²) in [5.74, 6) is -2.57. The van der Waals surface area contributed by atoms with Crippen LogP contribution in [0.3, 0.4) is 0 Å². The number of amides is 2. The number of hydrogen-bond donors (Lipinski definition) is 0. The topological polar surface area (TPSA) is 57.7 Å². The summed E-state index contributed by atoms with van der Waals surface area (Å²) < 4.78 is 0.837. The van der Waals surface area contributed by atoms with Crippen LogP contribution in [0.4, 0.5) is 5.69 Å². The molecule has 3 aliphatic rings. The van der Waals surface area contributed by atoms with E-state index in [2.05, 4.69) is 15.9 Å². The third-order valence-corrected chi connectivity index (χ3v) is 8.09. The van der Waals surface area contributed by atoms with Gasteiger partial charge in [-0.2, -0.15) is 0 Å². The highest BCUT2D eigenvalue weighted by molar-refractivity contribution is 9.10. The summed E-state index contributed by atoms with van der Waals surface area (Å²) in [4.78, 5) is 44.7. The number of anilines is 1. The third-order valence-electron chi connectivity index (χ3n) is 7.01. The molecular weight excluding hydrogens is 551 g/mol. The molecule has 0 aromatic heterocycles. The minimum Gasteiger partial charge on any atom is -0.358 e. The second kappa shape index (κ2) is 8.33. The zero-order valence-electron chi connectivity index (χ0n) is 18.1. The molecule has 3 heterocycles. The summed E-state index contributed by atoms with van der Waals surface area (Å²) in [7, 11) is 0. The summed E-state index contributed by atoms with van der Waals surface area (Å²) in [6, 6.07) is 18.1. The van der Waals surface area contributed by atoms with Crippen LogP contribution in [0.5, 0.6) is 0 Å². The van der Waals surface area contributed by atoms with Crippen molar-refractivity contribution in [2.75, 3.05) is 4.90 Å². The summed E-state index contributed by atoms with van der Waals surface area (Å²) in [5.41, 5.74) is 2.64. The van der Waals surface area contributed by atoms with Crippen LogP contribution < -0.4 is 4.90 Å². The first kappa shape index (κ1) is 22.5. The average molecular weight is 568 g/mol. The molecule has 35 heavy (non-hydrogen) atoms. The zero-order chi connectivity index (χ0) is 24.4. The van der Waals surface area contributed by atoms with E-state index in [1.807, 2.05) is 41.4 Å². The summed E-state index contributed by atoms with van der Waals surface area (Å²) in [6.45, 7) is 0. The van der Waals surface area contributed by atoms with Gasteiger partial charge in [-0.05, 0) is 59.7 Å². The molecule has 4 atom stereocenters. The Morgan fingerprint density at radius 2 is 1.60 bits per heavy atom. The van der Waals surface area contributed by atoms with Gasteiger partial charge in [0.05, 0.1) is 28.6 Å². The lowest BCUT2D eigenvalue weighted by Crippen LogP contribution is -2.44. The molecule has 0 spiro atoms. The molecule has 174 valence electrons. The Morgan fingerprint density at radius 1 is 0.886 bits per heavy atom. The Bertz CT molecular complexity index is 1440. The maximum absolute atomic E-state index is 13.9. The fourth-order valence-corrected chi connectivity index (χ4v) is 6.32. The SMILES string of the molecule is O=C(c1ccc(Cl)cc1Cl)[C@@H]1[C@@H]2C(=O)N(c3ccc(Br)cc3)C(=O)[C@@H]2C2c3ccccc3C=CN21. The van der Waals surface area contributed by atoms with E-state index >= 15 is 0 Å². The summed E-state index contributed by atoms with van der Waals surface area (Å²) in [6.07, 6.45) is 3.74. The molecule has 3 aliphatic heterocycles. The first-order valence-electron chi connectivity index (χ1n) is 11.0. The van der Waals surface area contributed by atoms with Gasteiger partial charge in [-0.1, -0.05) is 63.4 Å². The predicted molar refractivity (Wildman–Crippen MR) is 138 cm³/mol. The van der Waals surface area contributed by atoms with Crippen LogP contribution in [0, 0.1) is 11.8 Å². The monoisotopic (exact) mass is 566 g/mol. The zero-order valence-corrected chi connectivity index (χ0v) is 21.2. The number of fused-ring (bicyclic) bond motifs is 5. The fourth-order valence-electron chi connectivity index (χ4n) is 5.55. The van der Waals surface area contributed by atoms with Crippen molar-refractivity contribution >= 4 is 68.5 Å². The van der Waals surface area contributed by atoms with E-state index in [1.54, 1.807) is 36.4 Å². The van der Waals surface area contributed by atoms with Crippen LogP contribution in [-0.4, -0.2) is 28.5 Å². The van der Waals surface area contributed by atoms with Crippen molar-refractivity contribution in [3.8, 4) is 0 Å². The highest BCUT2D eigenvalue weighted by Gasteiger charge is 2.64. The Morgan fingerprint density at radius 3 is 2.34 bits per heavy atom. The number of hydrogen-bond acceptors (Lipinski definition) is 4. The largest absolute Gasteiger partial charge is 0.358 e. The number of imide groups is 1. The number of Topliss-reactive ketones (excluding diaryl/α,β-unsaturated/α-hetero) is 1. The second-order valence-corrected chi connectivity index (χ2v) is 10.6. The smallest absolute Gasteiger partial charge is 0.240 e. The number of rotatable bonds is 3. The second-order valence-electron chi connectivity index (χ2n) is 8.81. The van der Waals surface area contributed by atoms with E-state index in [-0.39, 0.29) is 28.2 Å². The van der Waals surface area contributed by atoms with Gasteiger partial charge in [0.25, 0.3) is 0 Å². The van der Waals surface area contributed by atoms with Gasteiger partial charge in [0.1, 0.15) is 6.04 Å². The molecule has 0 N–H and O–H groups in total. The van der Waals surface area contributed by atoms with Crippen molar-refractivity contribution in [2.45, 2.75) is 12.1 Å². The van der Waals surface area contributed by atoms with Crippen molar-refractivity contribution in [2.24, 2.45) is 11.8 Å². The van der Waals surface area contributed by atoms with Gasteiger partial charge in [-0.25, -0.2) is 4.90 Å². The van der Waals surface area contributed by atoms with Crippen LogP contribution >= 0.6 is 39.1 Å². The van der Waals surface area contributed by atoms with E-state index < -0.39 is 23.9 Å². The quantitative estimate of drug-likeness (QED) is 0.281. The molecule has 6 rings (SSSR count). The maximum atomic E-state index is 13.9. The Kier molecular flexibility index (Phi) is 5.36. The molecule has 3 aromatic carbocycles. The Labute approximate surface area is 220 Å². The van der Waals surface area contributed by atoms with Crippen LogP contribution in [-0.2, 0) is 9.59 Å². The molecule has 1 unspecified atom stereocenters. The molecular formula is C27H17BrCl2N2O3. The lowest BCUT2D eigenvalue weighted by molar-refractivity contribution is -0.123. The van der Waals surface area contributed by atoms with Crippen molar-refractivity contribution in [1.82, 2.24) is 4.90 Å². The normalized spacial score (nSPS) is 24.4. The molecule has 2 saturated heterocycles. The molecule has 5 nitrogen and oxygen atoms in total.